The number of rotatable bonds is 5. The van der Waals surface area contributed by atoms with E-state index in [0.29, 0.717) is 23.2 Å². The molecule has 1 aliphatic rings. The van der Waals surface area contributed by atoms with Crippen LogP contribution in [0.3, 0.4) is 0 Å². The van der Waals surface area contributed by atoms with Gasteiger partial charge in [-0.1, -0.05) is 26.0 Å². The van der Waals surface area contributed by atoms with Gasteiger partial charge in [0.25, 0.3) is 11.5 Å². The zero-order valence-corrected chi connectivity index (χ0v) is 13.7. The van der Waals surface area contributed by atoms with Gasteiger partial charge in [0, 0.05) is 13.1 Å². The summed E-state index contributed by atoms with van der Waals surface area (Å²) < 4.78 is 1.43. The highest BCUT2D eigenvalue weighted by atomic mass is 16.2. The van der Waals surface area contributed by atoms with E-state index in [1.165, 1.54) is 15.8 Å². The smallest absolute Gasteiger partial charge is 0.324 e. The summed E-state index contributed by atoms with van der Waals surface area (Å²) in [4.78, 5) is 42.1. The third kappa shape index (κ3) is 3.02. The summed E-state index contributed by atoms with van der Waals surface area (Å²) in [6.07, 6.45) is 2.06. The number of benzene rings is 1. The maximum atomic E-state index is 12.4. The lowest BCUT2D eigenvalue weighted by molar-refractivity contribution is -0.127. The van der Waals surface area contributed by atoms with Gasteiger partial charge in [0.1, 0.15) is 6.04 Å². The zero-order valence-electron chi connectivity index (χ0n) is 13.7. The summed E-state index contributed by atoms with van der Waals surface area (Å²) in [5.74, 6) is 0.0852. The predicted octanol–water partition coefficient (Wildman–Crippen LogP) is 1.36. The van der Waals surface area contributed by atoms with Crippen molar-refractivity contribution in [3.05, 3.63) is 40.9 Å². The highest BCUT2D eigenvalue weighted by Crippen LogP contribution is 2.14. The third-order valence-corrected chi connectivity index (χ3v) is 4.11. The van der Waals surface area contributed by atoms with Gasteiger partial charge in [-0.2, -0.15) is 0 Å². The number of nitrogens with zero attached hydrogens (tertiary/aromatic N) is 3. The fraction of sp³-hybridized carbons (Fsp3) is 0.412. The lowest BCUT2D eigenvalue weighted by atomic mass is 10.0. The lowest BCUT2D eigenvalue weighted by Gasteiger charge is -2.14. The number of fused-ring (bicyclic) bond motifs is 1. The minimum Gasteiger partial charge on any atom is -0.326 e. The molecule has 7 nitrogen and oxygen atoms in total. The molecular formula is C17H20N4O3. The molecule has 24 heavy (non-hydrogen) atoms. The van der Waals surface area contributed by atoms with Gasteiger partial charge in [0.05, 0.1) is 17.2 Å². The van der Waals surface area contributed by atoms with E-state index in [0.717, 1.165) is 0 Å². The minimum atomic E-state index is -0.469. The summed E-state index contributed by atoms with van der Waals surface area (Å²) in [7, 11) is 0. The van der Waals surface area contributed by atoms with E-state index < -0.39 is 12.1 Å². The molecule has 1 fully saturated rings. The van der Waals surface area contributed by atoms with E-state index in [2.05, 4.69) is 10.3 Å². The Labute approximate surface area is 139 Å². The fourth-order valence-electron chi connectivity index (χ4n) is 2.89. The van der Waals surface area contributed by atoms with E-state index in [1.54, 1.807) is 18.2 Å². The van der Waals surface area contributed by atoms with Gasteiger partial charge in [-0.3, -0.25) is 19.1 Å². The minimum absolute atomic E-state index is 0.152. The predicted molar refractivity (Wildman–Crippen MR) is 89.5 cm³/mol. The molecule has 3 amide bonds. The highest BCUT2D eigenvalue weighted by molar-refractivity contribution is 6.04. The first-order valence-corrected chi connectivity index (χ1v) is 8.03. The van der Waals surface area contributed by atoms with Crippen LogP contribution in [0.25, 0.3) is 10.9 Å². The van der Waals surface area contributed by atoms with Crippen LogP contribution in [0.15, 0.2) is 35.4 Å². The normalized spacial score (nSPS) is 17.8. The number of amides is 3. The number of hydrogen-bond donors (Lipinski definition) is 1. The van der Waals surface area contributed by atoms with Crippen molar-refractivity contribution in [1.29, 1.82) is 0 Å². The third-order valence-electron chi connectivity index (χ3n) is 4.11. The molecule has 3 rings (SSSR count). The molecule has 1 N–H and O–H groups in total. The van der Waals surface area contributed by atoms with Crippen LogP contribution in [0.4, 0.5) is 4.79 Å². The van der Waals surface area contributed by atoms with E-state index in [9.17, 15) is 14.4 Å². The van der Waals surface area contributed by atoms with Gasteiger partial charge in [-0.15, -0.1) is 0 Å². The van der Waals surface area contributed by atoms with Crippen molar-refractivity contribution in [2.45, 2.75) is 32.9 Å². The molecule has 1 atom stereocenters. The first kappa shape index (κ1) is 16.2. The Balaban J connectivity index is 1.74. The molecule has 0 saturated carbocycles. The monoisotopic (exact) mass is 328 g/mol. The maximum absolute atomic E-state index is 12.4. The van der Waals surface area contributed by atoms with Crippen LogP contribution < -0.4 is 10.9 Å². The average molecular weight is 328 g/mol. The molecule has 2 aromatic rings. The second kappa shape index (κ2) is 6.43. The Kier molecular flexibility index (Phi) is 4.33. The summed E-state index contributed by atoms with van der Waals surface area (Å²) in [6, 6.07) is 6.23. The number of nitrogens with one attached hydrogen (secondary N) is 1. The molecule has 1 aliphatic heterocycles. The van der Waals surface area contributed by atoms with Gasteiger partial charge in [0.15, 0.2) is 0 Å². The van der Waals surface area contributed by atoms with Gasteiger partial charge < -0.3 is 5.32 Å². The number of carbonyl (C=O) groups excluding carboxylic acids is 2. The maximum Gasteiger partial charge on any atom is 0.324 e. The second-order valence-corrected chi connectivity index (χ2v) is 6.38. The van der Waals surface area contributed by atoms with Gasteiger partial charge in [-0.25, -0.2) is 9.78 Å². The van der Waals surface area contributed by atoms with Gasteiger partial charge >= 0.3 is 6.03 Å². The molecule has 1 aromatic heterocycles. The molecule has 0 spiro atoms. The summed E-state index contributed by atoms with van der Waals surface area (Å²) >= 11 is 0. The number of imide groups is 1. The number of aromatic nitrogens is 2. The van der Waals surface area contributed by atoms with Crippen LogP contribution in [0.1, 0.15) is 20.3 Å². The second-order valence-electron chi connectivity index (χ2n) is 6.38. The van der Waals surface area contributed by atoms with Crippen molar-refractivity contribution < 1.29 is 9.59 Å². The van der Waals surface area contributed by atoms with Crippen molar-refractivity contribution in [3.63, 3.8) is 0 Å². The molecule has 126 valence electrons. The number of carbonyl (C=O) groups is 2. The van der Waals surface area contributed by atoms with Gasteiger partial charge in [0.2, 0.25) is 0 Å². The molecule has 0 aliphatic carbocycles. The quantitative estimate of drug-likeness (QED) is 0.840. The van der Waals surface area contributed by atoms with Crippen molar-refractivity contribution in [2.75, 3.05) is 6.54 Å². The first-order chi connectivity index (χ1) is 11.5. The Bertz CT molecular complexity index is 843. The van der Waals surface area contributed by atoms with Crippen molar-refractivity contribution in [1.82, 2.24) is 19.8 Å². The van der Waals surface area contributed by atoms with Crippen LogP contribution in [-0.4, -0.2) is 39.0 Å². The van der Waals surface area contributed by atoms with Crippen LogP contribution in [0, 0.1) is 5.92 Å². The molecule has 7 heteroatoms. The van der Waals surface area contributed by atoms with E-state index in [4.69, 9.17) is 0 Å². The summed E-state index contributed by atoms with van der Waals surface area (Å²) in [6.45, 7) is 4.38. The summed E-state index contributed by atoms with van der Waals surface area (Å²) in [5, 5.41) is 3.22. The van der Waals surface area contributed by atoms with Crippen LogP contribution in [-0.2, 0) is 11.3 Å². The molecule has 0 unspecified atom stereocenters. The highest BCUT2D eigenvalue weighted by Gasteiger charge is 2.37. The summed E-state index contributed by atoms with van der Waals surface area (Å²) in [5.41, 5.74) is 0.456. The largest absolute Gasteiger partial charge is 0.326 e. The zero-order chi connectivity index (χ0) is 17.3. The molecule has 0 radical (unpaired) electrons. The van der Waals surface area contributed by atoms with Crippen LogP contribution >= 0.6 is 0 Å². The topological polar surface area (TPSA) is 84.3 Å². The van der Waals surface area contributed by atoms with E-state index >= 15 is 0 Å². The first-order valence-electron chi connectivity index (χ1n) is 8.03. The number of para-hydroxylation sites is 1. The Morgan fingerprint density at radius 2 is 1.92 bits per heavy atom. The Hall–Kier alpha value is -2.70. The van der Waals surface area contributed by atoms with E-state index in [-0.39, 0.29) is 24.6 Å². The lowest BCUT2D eigenvalue weighted by Crippen LogP contribution is -2.36. The Morgan fingerprint density at radius 1 is 1.17 bits per heavy atom. The van der Waals surface area contributed by atoms with Crippen molar-refractivity contribution >= 4 is 22.8 Å². The molecule has 0 bridgehead atoms. The standard InChI is InChI=1S/C17H20N4O3/c1-11(2)9-14-16(23)21(17(24)19-14)8-7-20-10-18-13-6-4-3-5-12(13)15(20)22/h3-6,10-11,14H,7-9H2,1-2H3,(H,19,24)/t14-/m1/s1. The van der Waals surface area contributed by atoms with Crippen LogP contribution in [0.2, 0.25) is 0 Å². The Morgan fingerprint density at radius 3 is 2.67 bits per heavy atom. The average Bonchev–Trinajstić information content (AvgIpc) is 2.80. The fourth-order valence-corrected chi connectivity index (χ4v) is 2.89. The van der Waals surface area contributed by atoms with Crippen LogP contribution in [0.5, 0.6) is 0 Å². The number of hydrogen-bond acceptors (Lipinski definition) is 4. The SMILES string of the molecule is CC(C)C[C@H]1NC(=O)N(CCn2cnc3ccccc3c2=O)C1=O. The molecule has 2 heterocycles. The van der Waals surface area contributed by atoms with Crippen molar-refractivity contribution in [3.8, 4) is 0 Å². The van der Waals surface area contributed by atoms with Gasteiger partial charge in [-0.05, 0) is 24.5 Å². The molecular weight excluding hydrogens is 308 g/mol. The number of urea groups is 1. The molecule has 1 aromatic carbocycles. The van der Waals surface area contributed by atoms with Crippen molar-refractivity contribution in [2.24, 2.45) is 5.92 Å². The van der Waals surface area contributed by atoms with E-state index in [1.807, 2.05) is 19.9 Å². The molecule has 1 saturated heterocycles.